The third kappa shape index (κ3) is 2.65. The molecule has 1 aliphatic heterocycles. The van der Waals surface area contributed by atoms with Crippen molar-refractivity contribution < 1.29 is 9.47 Å². The minimum atomic E-state index is 0.0806. The zero-order valence-corrected chi connectivity index (χ0v) is 13.4. The van der Waals surface area contributed by atoms with E-state index in [1.165, 1.54) is 5.56 Å². The molecule has 0 saturated carbocycles. The minimum absolute atomic E-state index is 0.0806. The van der Waals surface area contributed by atoms with Crippen LogP contribution in [-0.4, -0.2) is 13.2 Å². The first-order valence-electron chi connectivity index (χ1n) is 6.45. The van der Waals surface area contributed by atoms with Gasteiger partial charge >= 0.3 is 0 Å². The van der Waals surface area contributed by atoms with Crippen molar-refractivity contribution in [3.05, 3.63) is 58.1 Å². The minimum Gasteiger partial charge on any atom is -0.486 e. The van der Waals surface area contributed by atoms with Crippen molar-refractivity contribution in [2.24, 2.45) is 0 Å². The van der Waals surface area contributed by atoms with Crippen LogP contribution in [0.4, 0.5) is 0 Å². The van der Waals surface area contributed by atoms with Gasteiger partial charge in [-0.1, -0.05) is 39.7 Å². The lowest BCUT2D eigenvalue weighted by atomic mass is 10.00. The van der Waals surface area contributed by atoms with Gasteiger partial charge in [0.25, 0.3) is 0 Å². The Morgan fingerprint density at radius 3 is 2.60 bits per heavy atom. The molecule has 2 aromatic rings. The molecule has 1 aliphatic rings. The van der Waals surface area contributed by atoms with Crippen LogP contribution in [-0.2, 0) is 0 Å². The molecule has 0 aliphatic carbocycles. The molecule has 2 aromatic carbocycles. The number of hydrogen-bond acceptors (Lipinski definition) is 2. The lowest BCUT2D eigenvalue weighted by Crippen LogP contribution is -2.15. The number of fused-ring (bicyclic) bond motifs is 1. The second-order valence-electron chi connectivity index (χ2n) is 4.77. The first-order chi connectivity index (χ1) is 9.65. The van der Waals surface area contributed by atoms with Crippen LogP contribution in [0.15, 0.2) is 36.4 Å². The van der Waals surface area contributed by atoms with Gasteiger partial charge in [-0.2, -0.15) is 0 Å². The number of alkyl halides is 1. The molecule has 3 rings (SSSR count). The van der Waals surface area contributed by atoms with Crippen LogP contribution in [0.3, 0.4) is 0 Å². The van der Waals surface area contributed by atoms with Gasteiger partial charge in [-0.3, -0.25) is 0 Å². The van der Waals surface area contributed by atoms with Crippen molar-refractivity contribution in [2.45, 2.75) is 11.8 Å². The topological polar surface area (TPSA) is 18.5 Å². The van der Waals surface area contributed by atoms with E-state index in [2.05, 4.69) is 22.9 Å². The normalized spacial score (nSPS) is 14.9. The predicted octanol–water partition coefficient (Wildman–Crippen LogP) is 4.90. The molecule has 1 unspecified atom stereocenters. The maximum Gasteiger partial charge on any atom is 0.161 e. The fraction of sp³-hybridized carbons (Fsp3) is 0.250. The van der Waals surface area contributed by atoms with Crippen molar-refractivity contribution in [3.63, 3.8) is 0 Å². The van der Waals surface area contributed by atoms with Crippen molar-refractivity contribution in [2.75, 3.05) is 13.2 Å². The van der Waals surface area contributed by atoms with Gasteiger partial charge in [-0.25, -0.2) is 0 Å². The molecule has 0 saturated heterocycles. The standard InChI is InChI=1S/C16H14BrClO2/c1-10-2-4-12(18)9-13(10)16(17)11-3-5-14-15(8-11)20-7-6-19-14/h2-5,8-9,16H,6-7H2,1H3. The summed E-state index contributed by atoms with van der Waals surface area (Å²) in [5.41, 5.74) is 3.49. The Morgan fingerprint density at radius 1 is 1.05 bits per heavy atom. The van der Waals surface area contributed by atoms with Gasteiger partial charge in [-0.05, 0) is 47.9 Å². The van der Waals surface area contributed by atoms with Crippen molar-refractivity contribution >= 4 is 27.5 Å². The molecule has 4 heteroatoms. The van der Waals surface area contributed by atoms with Crippen LogP contribution in [0.2, 0.25) is 5.02 Å². The number of benzene rings is 2. The highest BCUT2D eigenvalue weighted by atomic mass is 79.9. The summed E-state index contributed by atoms with van der Waals surface area (Å²) in [5, 5.41) is 0.743. The molecule has 0 spiro atoms. The van der Waals surface area contributed by atoms with Gasteiger partial charge < -0.3 is 9.47 Å². The third-order valence-electron chi connectivity index (χ3n) is 3.37. The van der Waals surface area contributed by atoms with Gasteiger partial charge in [-0.15, -0.1) is 0 Å². The molecule has 1 heterocycles. The average molecular weight is 354 g/mol. The van der Waals surface area contributed by atoms with Crippen molar-refractivity contribution in [3.8, 4) is 11.5 Å². The van der Waals surface area contributed by atoms with Crippen LogP contribution >= 0.6 is 27.5 Å². The predicted molar refractivity (Wildman–Crippen MR) is 84.4 cm³/mol. The van der Waals surface area contributed by atoms with Crippen LogP contribution in [0, 0.1) is 6.92 Å². The van der Waals surface area contributed by atoms with E-state index in [4.69, 9.17) is 21.1 Å². The molecule has 0 fully saturated rings. The fourth-order valence-corrected chi connectivity index (χ4v) is 3.24. The zero-order chi connectivity index (χ0) is 14.1. The molecule has 0 bridgehead atoms. The fourth-order valence-electron chi connectivity index (χ4n) is 2.28. The molecule has 0 radical (unpaired) electrons. The summed E-state index contributed by atoms with van der Waals surface area (Å²) in [4.78, 5) is 0.0806. The Kier molecular flexibility index (Phi) is 3.90. The summed E-state index contributed by atoms with van der Waals surface area (Å²) < 4.78 is 11.2. The molecule has 104 valence electrons. The van der Waals surface area contributed by atoms with Crippen LogP contribution in [0.25, 0.3) is 0 Å². The van der Waals surface area contributed by atoms with E-state index in [9.17, 15) is 0 Å². The Hall–Kier alpha value is -1.19. The SMILES string of the molecule is Cc1ccc(Cl)cc1C(Br)c1ccc2c(c1)OCCO2. The maximum atomic E-state index is 6.10. The van der Waals surface area contributed by atoms with Crippen LogP contribution in [0.5, 0.6) is 11.5 Å². The summed E-state index contributed by atoms with van der Waals surface area (Å²) in [5.74, 6) is 1.61. The van der Waals surface area contributed by atoms with Crippen molar-refractivity contribution in [1.29, 1.82) is 0 Å². The molecule has 0 aromatic heterocycles. The molecule has 0 amide bonds. The summed E-state index contributed by atoms with van der Waals surface area (Å²) in [6.45, 7) is 3.29. The smallest absolute Gasteiger partial charge is 0.161 e. The van der Waals surface area contributed by atoms with Gasteiger partial charge in [0.1, 0.15) is 13.2 Å². The number of aryl methyl sites for hydroxylation is 1. The number of ether oxygens (including phenoxy) is 2. The second kappa shape index (κ2) is 5.66. The van der Waals surface area contributed by atoms with Gasteiger partial charge in [0.05, 0.1) is 4.83 Å². The van der Waals surface area contributed by atoms with E-state index in [1.54, 1.807) is 0 Å². The quantitative estimate of drug-likeness (QED) is 0.715. The van der Waals surface area contributed by atoms with Gasteiger partial charge in [0.15, 0.2) is 11.5 Å². The summed E-state index contributed by atoms with van der Waals surface area (Å²) in [6.07, 6.45) is 0. The van der Waals surface area contributed by atoms with E-state index in [0.717, 1.165) is 27.6 Å². The molecule has 2 nitrogen and oxygen atoms in total. The number of rotatable bonds is 2. The van der Waals surface area contributed by atoms with Crippen molar-refractivity contribution in [1.82, 2.24) is 0 Å². The third-order valence-corrected chi connectivity index (χ3v) is 4.63. The summed E-state index contributed by atoms with van der Waals surface area (Å²) in [6, 6.07) is 12.0. The largest absolute Gasteiger partial charge is 0.486 e. The van der Waals surface area contributed by atoms with E-state index in [0.29, 0.717) is 13.2 Å². The maximum absolute atomic E-state index is 6.10. The first-order valence-corrected chi connectivity index (χ1v) is 7.74. The molecule has 1 atom stereocenters. The van der Waals surface area contributed by atoms with E-state index < -0.39 is 0 Å². The van der Waals surface area contributed by atoms with Crippen LogP contribution < -0.4 is 9.47 Å². The monoisotopic (exact) mass is 352 g/mol. The van der Waals surface area contributed by atoms with E-state index in [1.807, 2.05) is 36.4 Å². The lowest BCUT2D eigenvalue weighted by Gasteiger charge is -2.21. The number of hydrogen-bond donors (Lipinski definition) is 0. The summed E-state index contributed by atoms with van der Waals surface area (Å²) in [7, 11) is 0. The highest BCUT2D eigenvalue weighted by Crippen LogP contribution is 2.39. The molecule has 20 heavy (non-hydrogen) atoms. The second-order valence-corrected chi connectivity index (χ2v) is 6.12. The lowest BCUT2D eigenvalue weighted by molar-refractivity contribution is 0.171. The van der Waals surface area contributed by atoms with E-state index in [-0.39, 0.29) is 4.83 Å². The van der Waals surface area contributed by atoms with Gasteiger partial charge in [0, 0.05) is 5.02 Å². The Labute approximate surface area is 131 Å². The zero-order valence-electron chi connectivity index (χ0n) is 11.0. The van der Waals surface area contributed by atoms with Crippen LogP contribution in [0.1, 0.15) is 21.5 Å². The van der Waals surface area contributed by atoms with E-state index >= 15 is 0 Å². The molecular formula is C16H14BrClO2. The Balaban J connectivity index is 1.97. The molecule has 0 N–H and O–H groups in total. The highest BCUT2D eigenvalue weighted by Gasteiger charge is 2.17. The first kappa shape index (κ1) is 13.8. The van der Waals surface area contributed by atoms with Gasteiger partial charge in [0.2, 0.25) is 0 Å². The Morgan fingerprint density at radius 2 is 1.80 bits per heavy atom. The average Bonchev–Trinajstić information content (AvgIpc) is 2.48. The summed E-state index contributed by atoms with van der Waals surface area (Å²) >= 11 is 9.85. The highest BCUT2D eigenvalue weighted by molar-refractivity contribution is 9.09. The Bertz CT molecular complexity index is 642. The number of halogens is 2. The molecular weight excluding hydrogens is 340 g/mol.